The average molecular weight is 450 g/mol. The van der Waals surface area contributed by atoms with Crippen molar-refractivity contribution in [2.75, 3.05) is 33.2 Å². The molecule has 1 aliphatic heterocycles. The zero-order chi connectivity index (χ0) is 22.3. The first kappa shape index (κ1) is 21.2. The van der Waals surface area contributed by atoms with Crippen LogP contribution in [-0.2, 0) is 21.2 Å². The van der Waals surface area contributed by atoms with Gasteiger partial charge in [0.15, 0.2) is 0 Å². The number of hydrogen-bond donors (Lipinski definition) is 0. The number of carbonyl (C=O) groups excluding carboxylic acids is 1. The van der Waals surface area contributed by atoms with E-state index in [1.807, 2.05) is 43.6 Å². The van der Waals surface area contributed by atoms with E-state index in [0.717, 1.165) is 41.4 Å². The molecule has 2 aromatic carbocycles. The summed E-state index contributed by atoms with van der Waals surface area (Å²) in [4.78, 5) is 19.4. The standard InChI is InChI=1S/C25H27N3O3S/c1-27-10-12-28(13-11-27)32(30,31)22-6-4-19(5-7-22)23-16-24(23)25(29)15-18-2-3-21-17-26-9-8-20(21)14-18/h2-9,14,17,23-24H,10-13,15-16H2,1H3/t23?,24-/m1/s1. The topological polar surface area (TPSA) is 70.6 Å². The lowest BCUT2D eigenvalue weighted by atomic mass is 10.0. The fraction of sp³-hybridized carbons (Fsp3) is 0.360. The third kappa shape index (κ3) is 4.20. The zero-order valence-corrected chi connectivity index (χ0v) is 19.0. The third-order valence-corrected chi connectivity index (χ3v) is 8.61. The molecule has 1 saturated heterocycles. The van der Waals surface area contributed by atoms with Crippen LogP contribution in [0.1, 0.15) is 23.5 Å². The Morgan fingerprint density at radius 1 is 1.00 bits per heavy atom. The van der Waals surface area contributed by atoms with E-state index in [0.29, 0.717) is 24.4 Å². The van der Waals surface area contributed by atoms with Crippen LogP contribution in [0.25, 0.3) is 10.8 Å². The van der Waals surface area contributed by atoms with Gasteiger partial charge in [-0.15, -0.1) is 0 Å². The summed E-state index contributed by atoms with van der Waals surface area (Å²) in [6.45, 7) is 2.53. The molecule has 5 rings (SSSR count). The predicted octanol–water partition coefficient (Wildman–Crippen LogP) is 3.09. The number of hydrogen-bond acceptors (Lipinski definition) is 5. The monoisotopic (exact) mass is 449 g/mol. The molecular weight excluding hydrogens is 422 g/mol. The molecule has 0 amide bonds. The van der Waals surface area contributed by atoms with E-state index >= 15 is 0 Å². The minimum atomic E-state index is -3.46. The van der Waals surface area contributed by atoms with Crippen LogP contribution < -0.4 is 0 Å². The molecule has 2 aliphatic rings. The molecule has 2 fully saturated rings. The highest BCUT2D eigenvalue weighted by Crippen LogP contribution is 2.48. The van der Waals surface area contributed by atoms with Crippen molar-refractivity contribution < 1.29 is 13.2 Å². The average Bonchev–Trinajstić information content (AvgIpc) is 3.61. The first-order valence-electron chi connectivity index (χ1n) is 11.1. The summed E-state index contributed by atoms with van der Waals surface area (Å²) >= 11 is 0. The van der Waals surface area contributed by atoms with Crippen molar-refractivity contribution in [3.05, 3.63) is 72.1 Å². The minimum absolute atomic E-state index is 0.0169. The number of nitrogens with zero attached hydrogens (tertiary/aromatic N) is 3. The number of sulfonamides is 1. The second-order valence-corrected chi connectivity index (χ2v) is 10.9. The molecule has 0 spiro atoms. The van der Waals surface area contributed by atoms with Crippen LogP contribution in [-0.4, -0.2) is 61.6 Å². The minimum Gasteiger partial charge on any atom is -0.304 e. The van der Waals surface area contributed by atoms with Gasteiger partial charge in [-0.25, -0.2) is 8.42 Å². The van der Waals surface area contributed by atoms with E-state index in [1.54, 1.807) is 22.6 Å². The summed E-state index contributed by atoms with van der Waals surface area (Å²) in [6, 6.07) is 15.2. The molecule has 7 heteroatoms. The first-order chi connectivity index (χ1) is 15.4. The number of aromatic nitrogens is 1. The normalized spacial score (nSPS) is 22.2. The van der Waals surface area contributed by atoms with Crippen LogP contribution in [0.5, 0.6) is 0 Å². The predicted molar refractivity (Wildman–Crippen MR) is 124 cm³/mol. The fourth-order valence-corrected chi connectivity index (χ4v) is 5.98. The molecule has 0 radical (unpaired) electrons. The molecule has 1 aliphatic carbocycles. The van der Waals surface area contributed by atoms with E-state index in [4.69, 9.17) is 0 Å². The van der Waals surface area contributed by atoms with E-state index in [9.17, 15) is 13.2 Å². The highest BCUT2D eigenvalue weighted by atomic mass is 32.2. The van der Waals surface area contributed by atoms with Crippen molar-refractivity contribution in [3.8, 4) is 0 Å². The van der Waals surface area contributed by atoms with E-state index < -0.39 is 10.0 Å². The van der Waals surface area contributed by atoms with Crippen LogP contribution >= 0.6 is 0 Å². The summed E-state index contributed by atoms with van der Waals surface area (Å²) in [6.07, 6.45) is 4.85. The molecule has 6 nitrogen and oxygen atoms in total. The molecule has 0 bridgehead atoms. The number of Topliss-reactive ketones (excluding diaryl/α,β-unsaturated/α-hetero) is 1. The van der Waals surface area contributed by atoms with Crippen molar-refractivity contribution in [1.29, 1.82) is 0 Å². The second kappa shape index (κ2) is 8.39. The van der Waals surface area contributed by atoms with Crippen LogP contribution in [0.2, 0.25) is 0 Å². The SMILES string of the molecule is CN1CCN(S(=O)(=O)c2ccc(C3C[C@H]3C(=O)Cc3ccc4cnccc4c3)cc2)CC1. The van der Waals surface area contributed by atoms with Crippen molar-refractivity contribution in [1.82, 2.24) is 14.2 Å². The Morgan fingerprint density at radius 2 is 1.75 bits per heavy atom. The Labute approximate surface area is 188 Å². The van der Waals surface area contributed by atoms with E-state index in [1.165, 1.54) is 0 Å². The number of rotatable bonds is 6. The van der Waals surface area contributed by atoms with Gasteiger partial charge in [-0.05, 0) is 54.1 Å². The van der Waals surface area contributed by atoms with Gasteiger partial charge in [-0.2, -0.15) is 4.31 Å². The van der Waals surface area contributed by atoms with Gasteiger partial charge in [0.25, 0.3) is 0 Å². The maximum atomic E-state index is 12.9. The Kier molecular flexibility index (Phi) is 5.57. The van der Waals surface area contributed by atoms with Gasteiger partial charge < -0.3 is 4.90 Å². The lowest BCUT2D eigenvalue weighted by Gasteiger charge is -2.31. The summed E-state index contributed by atoms with van der Waals surface area (Å²) in [5.41, 5.74) is 2.07. The van der Waals surface area contributed by atoms with Crippen LogP contribution in [0.15, 0.2) is 65.8 Å². The van der Waals surface area contributed by atoms with Gasteiger partial charge in [0.1, 0.15) is 5.78 Å². The molecular formula is C25H27N3O3S. The van der Waals surface area contributed by atoms with Gasteiger partial charge in [0.2, 0.25) is 10.0 Å². The van der Waals surface area contributed by atoms with Crippen LogP contribution in [0.3, 0.4) is 0 Å². The van der Waals surface area contributed by atoms with E-state index in [-0.39, 0.29) is 17.6 Å². The molecule has 2 atom stereocenters. The fourth-order valence-electron chi connectivity index (χ4n) is 4.56. The van der Waals surface area contributed by atoms with Crippen LogP contribution in [0.4, 0.5) is 0 Å². The highest BCUT2D eigenvalue weighted by Gasteiger charge is 2.43. The van der Waals surface area contributed by atoms with Gasteiger partial charge in [-0.1, -0.05) is 30.3 Å². The van der Waals surface area contributed by atoms with Crippen molar-refractivity contribution in [2.45, 2.75) is 23.7 Å². The molecule has 1 aromatic heterocycles. The molecule has 3 aromatic rings. The number of ketones is 1. The molecule has 1 saturated carbocycles. The quantitative estimate of drug-likeness (QED) is 0.578. The van der Waals surface area contributed by atoms with Gasteiger partial charge in [0, 0.05) is 56.3 Å². The molecule has 0 N–H and O–H groups in total. The number of pyridine rings is 1. The molecule has 2 heterocycles. The zero-order valence-electron chi connectivity index (χ0n) is 18.1. The lowest BCUT2D eigenvalue weighted by Crippen LogP contribution is -2.46. The van der Waals surface area contributed by atoms with Crippen LogP contribution in [0, 0.1) is 5.92 Å². The second-order valence-electron chi connectivity index (χ2n) is 8.93. The number of piperazine rings is 1. The van der Waals surface area contributed by atoms with Crippen molar-refractivity contribution >= 4 is 26.6 Å². The van der Waals surface area contributed by atoms with Crippen molar-refractivity contribution in [2.24, 2.45) is 5.92 Å². The summed E-state index contributed by atoms with van der Waals surface area (Å²) in [5, 5.41) is 2.16. The summed E-state index contributed by atoms with van der Waals surface area (Å²) < 4.78 is 27.4. The van der Waals surface area contributed by atoms with Gasteiger partial charge in [-0.3, -0.25) is 9.78 Å². The van der Waals surface area contributed by atoms with Gasteiger partial charge >= 0.3 is 0 Å². The Balaban J connectivity index is 1.23. The van der Waals surface area contributed by atoms with Gasteiger partial charge in [0.05, 0.1) is 4.90 Å². The maximum absolute atomic E-state index is 12.9. The Bertz CT molecular complexity index is 1250. The molecule has 1 unspecified atom stereocenters. The van der Waals surface area contributed by atoms with Crippen molar-refractivity contribution in [3.63, 3.8) is 0 Å². The highest BCUT2D eigenvalue weighted by molar-refractivity contribution is 7.89. The third-order valence-electron chi connectivity index (χ3n) is 6.70. The molecule has 32 heavy (non-hydrogen) atoms. The Hall–Kier alpha value is -2.61. The summed E-state index contributed by atoms with van der Waals surface area (Å²) in [7, 11) is -1.46. The van der Waals surface area contributed by atoms with E-state index in [2.05, 4.69) is 16.0 Å². The number of likely N-dealkylation sites (N-methyl/N-ethyl adjacent to an activating group) is 1. The Morgan fingerprint density at radius 3 is 2.50 bits per heavy atom. The largest absolute Gasteiger partial charge is 0.304 e. The molecule has 166 valence electrons. The number of carbonyl (C=O) groups is 1. The number of benzene rings is 2. The lowest BCUT2D eigenvalue weighted by molar-refractivity contribution is -0.119. The summed E-state index contributed by atoms with van der Waals surface area (Å²) in [5.74, 6) is 0.452. The first-order valence-corrected chi connectivity index (χ1v) is 12.5. The number of fused-ring (bicyclic) bond motifs is 1. The smallest absolute Gasteiger partial charge is 0.243 e. The maximum Gasteiger partial charge on any atom is 0.243 e.